The Morgan fingerprint density at radius 2 is 1.71 bits per heavy atom. The highest BCUT2D eigenvalue weighted by atomic mass is 32.1. The number of aromatic nitrogens is 5. The second-order valence-electron chi connectivity index (χ2n) is 6.56. The van der Waals surface area contributed by atoms with Crippen LogP contribution in [-0.2, 0) is 0 Å². The minimum absolute atomic E-state index is 0.445. The zero-order chi connectivity index (χ0) is 19.7. The molecule has 2 aromatic heterocycles. The smallest absolute Gasteiger partial charge is 0.216 e. The van der Waals surface area contributed by atoms with Crippen LogP contribution in [0.25, 0.3) is 17.1 Å². The van der Waals surface area contributed by atoms with Gasteiger partial charge in [0.25, 0.3) is 0 Å². The van der Waals surface area contributed by atoms with Crippen molar-refractivity contribution in [3.63, 3.8) is 0 Å². The first-order valence-electron chi connectivity index (χ1n) is 8.95. The summed E-state index contributed by atoms with van der Waals surface area (Å²) in [6.07, 6.45) is 1.80. The van der Waals surface area contributed by atoms with Crippen LogP contribution < -0.4 is 0 Å². The second-order valence-corrected chi connectivity index (χ2v) is 6.94. The van der Waals surface area contributed by atoms with Crippen molar-refractivity contribution in [2.24, 2.45) is 5.10 Å². The molecule has 4 rings (SSSR count). The van der Waals surface area contributed by atoms with Crippen LogP contribution in [0.15, 0.2) is 59.7 Å². The number of nitrogens with zero attached hydrogens (tertiary/aromatic N) is 5. The first-order chi connectivity index (χ1) is 13.6. The highest BCUT2D eigenvalue weighted by Gasteiger charge is 2.13. The Kier molecular flexibility index (Phi) is 4.75. The molecule has 0 radical (unpaired) electrons. The van der Waals surface area contributed by atoms with Crippen molar-refractivity contribution in [3.05, 3.63) is 81.9 Å². The Morgan fingerprint density at radius 1 is 1.00 bits per heavy atom. The van der Waals surface area contributed by atoms with E-state index in [1.54, 1.807) is 10.9 Å². The minimum atomic E-state index is 0.445. The number of nitrogens with one attached hydrogen (secondary N) is 1. The van der Waals surface area contributed by atoms with E-state index in [0.29, 0.717) is 10.6 Å². The third kappa shape index (κ3) is 3.20. The molecular weight excluding hydrogens is 368 g/mol. The molecule has 0 saturated heterocycles. The fraction of sp³-hybridized carbons (Fsp3) is 0.143. The van der Waals surface area contributed by atoms with Gasteiger partial charge in [-0.15, -0.1) is 0 Å². The lowest BCUT2D eigenvalue weighted by molar-refractivity contribution is 0.833. The van der Waals surface area contributed by atoms with Gasteiger partial charge in [-0.25, -0.2) is 9.78 Å². The molecule has 0 bridgehead atoms. The van der Waals surface area contributed by atoms with Crippen LogP contribution in [0.4, 0.5) is 0 Å². The molecule has 0 aliphatic heterocycles. The average molecular weight is 389 g/mol. The molecule has 0 unspecified atom stereocenters. The molecule has 0 spiro atoms. The van der Waals surface area contributed by atoms with Crippen molar-refractivity contribution in [1.29, 1.82) is 0 Å². The molecule has 140 valence electrons. The number of H-pyrrole nitrogens is 1. The lowest BCUT2D eigenvalue weighted by Crippen LogP contribution is -2.00. The number of benzene rings is 2. The molecule has 4 aromatic rings. The maximum absolute atomic E-state index is 5.39. The van der Waals surface area contributed by atoms with E-state index in [1.165, 1.54) is 0 Å². The summed E-state index contributed by atoms with van der Waals surface area (Å²) in [5, 5.41) is 16.5. The summed E-state index contributed by atoms with van der Waals surface area (Å²) < 4.78 is 4.02. The standard InChI is InChI=1S/C21H20N6S/c1-14-9-7-8-12-18(14)20-23-24-21(28)27(20)22-13-19-15(2)25-26(16(19)3)17-10-5-4-6-11-17/h4-13H,1-3H3,(H,24,28). The molecule has 0 saturated carbocycles. The summed E-state index contributed by atoms with van der Waals surface area (Å²) in [5.74, 6) is 0.685. The zero-order valence-corrected chi connectivity index (χ0v) is 16.7. The van der Waals surface area contributed by atoms with Gasteiger partial charge < -0.3 is 0 Å². The van der Waals surface area contributed by atoms with Gasteiger partial charge in [0.2, 0.25) is 4.77 Å². The first-order valence-corrected chi connectivity index (χ1v) is 9.36. The number of aryl methyl sites for hydroxylation is 2. The largest absolute Gasteiger partial charge is 0.250 e. The van der Waals surface area contributed by atoms with Gasteiger partial charge in [-0.1, -0.05) is 42.5 Å². The van der Waals surface area contributed by atoms with Gasteiger partial charge in [0.05, 0.1) is 23.3 Å². The Bertz CT molecular complexity index is 1210. The van der Waals surface area contributed by atoms with Crippen molar-refractivity contribution >= 4 is 18.4 Å². The van der Waals surface area contributed by atoms with Crippen molar-refractivity contribution in [3.8, 4) is 17.1 Å². The maximum atomic E-state index is 5.39. The van der Waals surface area contributed by atoms with Gasteiger partial charge in [0.1, 0.15) is 0 Å². The number of rotatable bonds is 4. The van der Waals surface area contributed by atoms with Crippen LogP contribution in [0.3, 0.4) is 0 Å². The highest BCUT2D eigenvalue weighted by molar-refractivity contribution is 7.71. The number of aromatic amines is 1. The molecule has 6 nitrogen and oxygen atoms in total. The van der Waals surface area contributed by atoms with Crippen molar-refractivity contribution in [2.45, 2.75) is 20.8 Å². The van der Waals surface area contributed by atoms with E-state index in [0.717, 1.165) is 33.8 Å². The van der Waals surface area contributed by atoms with E-state index in [4.69, 9.17) is 12.2 Å². The van der Waals surface area contributed by atoms with Crippen LogP contribution in [0.2, 0.25) is 0 Å². The van der Waals surface area contributed by atoms with E-state index in [-0.39, 0.29) is 0 Å². The molecule has 1 N–H and O–H groups in total. The molecule has 2 aromatic carbocycles. The SMILES string of the molecule is Cc1ccccc1-c1n[nH]c(=S)n1N=Cc1c(C)nn(-c2ccccc2)c1C. The van der Waals surface area contributed by atoms with Crippen LogP contribution in [0, 0.1) is 25.5 Å². The van der Waals surface area contributed by atoms with Crippen LogP contribution in [0.5, 0.6) is 0 Å². The van der Waals surface area contributed by atoms with Crippen molar-refractivity contribution in [1.82, 2.24) is 24.7 Å². The third-order valence-corrected chi connectivity index (χ3v) is 4.95. The van der Waals surface area contributed by atoms with Gasteiger partial charge in [0, 0.05) is 11.1 Å². The van der Waals surface area contributed by atoms with Gasteiger partial charge in [-0.3, -0.25) is 0 Å². The van der Waals surface area contributed by atoms with Crippen LogP contribution in [-0.4, -0.2) is 30.9 Å². The van der Waals surface area contributed by atoms with Crippen molar-refractivity contribution in [2.75, 3.05) is 0 Å². The second kappa shape index (κ2) is 7.36. The number of para-hydroxylation sites is 1. The molecule has 0 fully saturated rings. The highest BCUT2D eigenvalue weighted by Crippen LogP contribution is 2.22. The number of hydrogen-bond donors (Lipinski definition) is 1. The van der Waals surface area contributed by atoms with Gasteiger partial charge in [-0.05, 0) is 50.7 Å². The normalized spacial score (nSPS) is 11.4. The monoisotopic (exact) mass is 388 g/mol. The molecule has 2 heterocycles. The lowest BCUT2D eigenvalue weighted by atomic mass is 10.1. The topological polar surface area (TPSA) is 63.8 Å². The van der Waals surface area contributed by atoms with Gasteiger partial charge in [0.15, 0.2) is 5.82 Å². The van der Waals surface area contributed by atoms with E-state index in [1.807, 2.05) is 80.1 Å². The third-order valence-electron chi connectivity index (χ3n) is 4.69. The fourth-order valence-electron chi connectivity index (χ4n) is 3.17. The fourth-order valence-corrected chi connectivity index (χ4v) is 3.35. The summed E-state index contributed by atoms with van der Waals surface area (Å²) in [4.78, 5) is 0. The predicted octanol–water partition coefficient (Wildman–Crippen LogP) is 4.60. The van der Waals surface area contributed by atoms with E-state index >= 15 is 0 Å². The predicted molar refractivity (Wildman–Crippen MR) is 114 cm³/mol. The molecule has 0 atom stereocenters. The Hall–Kier alpha value is -3.32. The average Bonchev–Trinajstić information content (AvgIpc) is 3.20. The summed E-state index contributed by atoms with van der Waals surface area (Å²) in [7, 11) is 0. The quantitative estimate of drug-likeness (QED) is 0.410. The summed E-state index contributed by atoms with van der Waals surface area (Å²) >= 11 is 5.39. The summed E-state index contributed by atoms with van der Waals surface area (Å²) in [5.41, 5.74) is 5.99. The maximum Gasteiger partial charge on any atom is 0.216 e. The van der Waals surface area contributed by atoms with Crippen molar-refractivity contribution < 1.29 is 0 Å². The number of hydrogen-bond acceptors (Lipinski definition) is 4. The van der Waals surface area contributed by atoms with E-state index < -0.39 is 0 Å². The zero-order valence-electron chi connectivity index (χ0n) is 15.9. The van der Waals surface area contributed by atoms with Gasteiger partial charge in [-0.2, -0.15) is 20.0 Å². The molecule has 0 amide bonds. The summed E-state index contributed by atoms with van der Waals surface area (Å²) in [6, 6.07) is 18.1. The Balaban J connectivity index is 1.76. The molecule has 0 aliphatic rings. The summed E-state index contributed by atoms with van der Waals surface area (Å²) in [6.45, 7) is 6.05. The molecule has 28 heavy (non-hydrogen) atoms. The Morgan fingerprint density at radius 3 is 2.46 bits per heavy atom. The van der Waals surface area contributed by atoms with E-state index in [2.05, 4.69) is 20.4 Å². The molecule has 7 heteroatoms. The minimum Gasteiger partial charge on any atom is -0.250 e. The van der Waals surface area contributed by atoms with Gasteiger partial charge >= 0.3 is 0 Å². The first kappa shape index (κ1) is 18.1. The Labute approximate surface area is 168 Å². The molecule has 0 aliphatic carbocycles. The van der Waals surface area contributed by atoms with Crippen LogP contribution in [0.1, 0.15) is 22.5 Å². The molecular formula is C21H20N6S. The lowest BCUT2D eigenvalue weighted by Gasteiger charge is -2.05. The van der Waals surface area contributed by atoms with E-state index in [9.17, 15) is 0 Å². The van der Waals surface area contributed by atoms with Crippen LogP contribution >= 0.6 is 12.2 Å².